The second-order valence-electron chi connectivity index (χ2n) is 5.43. The summed E-state index contributed by atoms with van der Waals surface area (Å²) in [6, 6.07) is 14.7. The summed E-state index contributed by atoms with van der Waals surface area (Å²) in [4.78, 5) is 26.4. The Morgan fingerprint density at radius 2 is 1.96 bits per heavy atom. The van der Waals surface area contributed by atoms with E-state index in [2.05, 4.69) is 15.9 Å². The molecule has 0 aliphatic carbocycles. The molecule has 23 heavy (non-hydrogen) atoms. The zero-order chi connectivity index (χ0) is 16.4. The van der Waals surface area contributed by atoms with E-state index in [9.17, 15) is 9.59 Å². The first-order valence-corrected chi connectivity index (χ1v) is 8.21. The third-order valence-electron chi connectivity index (χ3n) is 3.85. The Morgan fingerprint density at radius 3 is 2.74 bits per heavy atom. The number of ether oxygens (including phenoxy) is 1. The summed E-state index contributed by atoms with van der Waals surface area (Å²) in [7, 11) is 0. The molecule has 1 aliphatic heterocycles. The summed E-state index contributed by atoms with van der Waals surface area (Å²) in [5, 5.41) is 0. The van der Waals surface area contributed by atoms with Gasteiger partial charge in [-0.05, 0) is 43.2 Å². The van der Waals surface area contributed by atoms with Crippen LogP contribution in [0.3, 0.4) is 0 Å². The number of amides is 1. The molecule has 1 heterocycles. The van der Waals surface area contributed by atoms with Gasteiger partial charge in [0, 0.05) is 16.7 Å². The lowest BCUT2D eigenvalue weighted by Gasteiger charge is -2.21. The van der Waals surface area contributed by atoms with E-state index < -0.39 is 12.1 Å². The van der Waals surface area contributed by atoms with Crippen molar-refractivity contribution >= 4 is 33.5 Å². The van der Waals surface area contributed by atoms with Crippen LogP contribution < -0.4 is 4.90 Å². The smallest absolute Gasteiger partial charge is 0.338 e. The van der Waals surface area contributed by atoms with Gasteiger partial charge in [-0.1, -0.05) is 40.2 Å². The normalized spacial score (nSPS) is 14.3. The first kappa shape index (κ1) is 15.7. The van der Waals surface area contributed by atoms with Crippen LogP contribution in [-0.2, 0) is 16.0 Å². The molecule has 0 radical (unpaired) electrons. The molecule has 1 atom stereocenters. The van der Waals surface area contributed by atoms with E-state index in [1.54, 1.807) is 30.0 Å². The highest BCUT2D eigenvalue weighted by Gasteiger charge is 2.29. The molecule has 0 N–H and O–H groups in total. The highest BCUT2D eigenvalue weighted by molar-refractivity contribution is 9.10. The van der Waals surface area contributed by atoms with E-state index in [4.69, 9.17) is 4.74 Å². The van der Waals surface area contributed by atoms with Crippen LogP contribution in [0.1, 0.15) is 22.8 Å². The molecule has 2 aromatic carbocycles. The predicted octanol–water partition coefficient (Wildman–Crippen LogP) is 3.58. The molecule has 0 saturated carbocycles. The molecule has 0 aromatic heterocycles. The van der Waals surface area contributed by atoms with Gasteiger partial charge >= 0.3 is 5.97 Å². The molecule has 0 spiro atoms. The maximum absolute atomic E-state index is 12.6. The van der Waals surface area contributed by atoms with Crippen molar-refractivity contribution in [2.24, 2.45) is 0 Å². The van der Waals surface area contributed by atoms with Crippen molar-refractivity contribution in [1.29, 1.82) is 0 Å². The highest BCUT2D eigenvalue weighted by atomic mass is 79.9. The summed E-state index contributed by atoms with van der Waals surface area (Å²) in [5.74, 6) is -0.696. The molecule has 1 aliphatic rings. The van der Waals surface area contributed by atoms with E-state index in [0.29, 0.717) is 12.1 Å². The van der Waals surface area contributed by atoms with Crippen molar-refractivity contribution in [3.63, 3.8) is 0 Å². The standard InChI is InChI=1S/C18H16BrNO3/c1-12(23-18(22)14-6-4-7-15(19)11-14)17(21)20-10-9-13-5-2-3-8-16(13)20/h2-8,11-12H,9-10H2,1H3/t12-/m1/s1. The van der Waals surface area contributed by atoms with Gasteiger partial charge in [-0.2, -0.15) is 0 Å². The van der Waals surface area contributed by atoms with Crippen LogP contribution in [0.15, 0.2) is 53.0 Å². The molecule has 3 rings (SSSR count). The lowest BCUT2D eigenvalue weighted by Crippen LogP contribution is -2.39. The summed E-state index contributed by atoms with van der Waals surface area (Å²) >= 11 is 3.31. The lowest BCUT2D eigenvalue weighted by atomic mass is 10.2. The Hall–Kier alpha value is -2.14. The van der Waals surface area contributed by atoms with Crippen molar-refractivity contribution in [2.75, 3.05) is 11.4 Å². The molecule has 0 fully saturated rings. The third-order valence-corrected chi connectivity index (χ3v) is 4.34. The maximum Gasteiger partial charge on any atom is 0.338 e. The van der Waals surface area contributed by atoms with Gasteiger partial charge in [-0.25, -0.2) is 4.79 Å². The van der Waals surface area contributed by atoms with Gasteiger partial charge in [0.05, 0.1) is 5.56 Å². The average Bonchev–Trinajstić information content (AvgIpc) is 2.98. The number of carbonyl (C=O) groups is 2. The van der Waals surface area contributed by atoms with Gasteiger partial charge in [-0.15, -0.1) is 0 Å². The fraction of sp³-hybridized carbons (Fsp3) is 0.222. The number of halogens is 1. The number of benzene rings is 2. The van der Waals surface area contributed by atoms with Gasteiger partial charge in [-0.3, -0.25) is 4.79 Å². The minimum absolute atomic E-state index is 0.196. The molecular weight excluding hydrogens is 358 g/mol. The molecule has 0 unspecified atom stereocenters. The topological polar surface area (TPSA) is 46.6 Å². The number of esters is 1. The number of anilines is 1. The summed E-state index contributed by atoms with van der Waals surface area (Å²) in [6.45, 7) is 2.23. The number of hydrogen-bond acceptors (Lipinski definition) is 3. The Kier molecular flexibility index (Phi) is 4.48. The third kappa shape index (κ3) is 3.29. The minimum Gasteiger partial charge on any atom is -0.449 e. The fourth-order valence-electron chi connectivity index (χ4n) is 2.68. The van der Waals surface area contributed by atoms with E-state index in [0.717, 1.165) is 22.1 Å². The van der Waals surface area contributed by atoms with Crippen LogP contribution in [0.4, 0.5) is 5.69 Å². The number of para-hydroxylation sites is 1. The SMILES string of the molecule is C[C@@H](OC(=O)c1cccc(Br)c1)C(=O)N1CCc2ccccc21. The fourth-order valence-corrected chi connectivity index (χ4v) is 3.08. The van der Waals surface area contributed by atoms with Crippen molar-refractivity contribution in [1.82, 2.24) is 0 Å². The molecular formula is C18H16BrNO3. The molecule has 2 aromatic rings. The molecule has 4 nitrogen and oxygen atoms in total. The molecule has 0 saturated heterocycles. The van der Waals surface area contributed by atoms with Gasteiger partial charge in [0.15, 0.2) is 6.10 Å². The second kappa shape index (κ2) is 6.54. The van der Waals surface area contributed by atoms with E-state index in [1.165, 1.54) is 0 Å². The number of fused-ring (bicyclic) bond motifs is 1. The van der Waals surface area contributed by atoms with E-state index in [1.807, 2.05) is 30.3 Å². The van der Waals surface area contributed by atoms with Crippen molar-refractivity contribution in [3.05, 3.63) is 64.1 Å². The van der Waals surface area contributed by atoms with E-state index >= 15 is 0 Å². The van der Waals surface area contributed by atoms with Crippen LogP contribution in [0, 0.1) is 0 Å². The van der Waals surface area contributed by atoms with Crippen LogP contribution in [0.2, 0.25) is 0 Å². The zero-order valence-corrected chi connectivity index (χ0v) is 14.2. The summed E-state index contributed by atoms with van der Waals surface area (Å²) < 4.78 is 6.12. The summed E-state index contributed by atoms with van der Waals surface area (Å²) in [6.07, 6.45) is 0.00133. The number of carbonyl (C=O) groups excluding carboxylic acids is 2. The molecule has 1 amide bonds. The molecule has 118 valence electrons. The number of hydrogen-bond donors (Lipinski definition) is 0. The Bertz CT molecular complexity index is 759. The highest BCUT2D eigenvalue weighted by Crippen LogP contribution is 2.28. The minimum atomic E-state index is -0.826. The average molecular weight is 374 g/mol. The van der Waals surface area contributed by atoms with Crippen molar-refractivity contribution in [2.45, 2.75) is 19.4 Å². The van der Waals surface area contributed by atoms with Crippen LogP contribution in [0.25, 0.3) is 0 Å². The second-order valence-corrected chi connectivity index (χ2v) is 6.34. The monoisotopic (exact) mass is 373 g/mol. The molecule has 5 heteroatoms. The zero-order valence-electron chi connectivity index (χ0n) is 12.7. The number of nitrogens with zero attached hydrogens (tertiary/aromatic N) is 1. The predicted molar refractivity (Wildman–Crippen MR) is 91.5 cm³/mol. The first-order valence-electron chi connectivity index (χ1n) is 7.42. The summed E-state index contributed by atoms with van der Waals surface area (Å²) in [5.41, 5.74) is 2.47. The number of rotatable bonds is 3. The van der Waals surface area contributed by atoms with Gasteiger partial charge in [0.2, 0.25) is 0 Å². The maximum atomic E-state index is 12.6. The Balaban J connectivity index is 1.70. The largest absolute Gasteiger partial charge is 0.449 e. The molecule has 0 bridgehead atoms. The lowest BCUT2D eigenvalue weighted by molar-refractivity contribution is -0.126. The van der Waals surface area contributed by atoms with Gasteiger partial charge in [0.25, 0.3) is 5.91 Å². The van der Waals surface area contributed by atoms with Gasteiger partial charge in [0.1, 0.15) is 0 Å². The van der Waals surface area contributed by atoms with Crippen molar-refractivity contribution < 1.29 is 14.3 Å². The van der Waals surface area contributed by atoms with E-state index in [-0.39, 0.29) is 5.91 Å². The Labute approximate surface area is 143 Å². The van der Waals surface area contributed by atoms with Crippen molar-refractivity contribution in [3.8, 4) is 0 Å². The van der Waals surface area contributed by atoms with Gasteiger partial charge < -0.3 is 9.64 Å². The first-order chi connectivity index (χ1) is 11.1. The Morgan fingerprint density at radius 1 is 1.17 bits per heavy atom. The van der Waals surface area contributed by atoms with Crippen LogP contribution in [0.5, 0.6) is 0 Å². The van der Waals surface area contributed by atoms with Crippen LogP contribution >= 0.6 is 15.9 Å². The quantitative estimate of drug-likeness (QED) is 0.772. The van der Waals surface area contributed by atoms with Crippen LogP contribution in [-0.4, -0.2) is 24.5 Å².